The van der Waals surface area contributed by atoms with Gasteiger partial charge in [0.15, 0.2) is 16.9 Å². The Labute approximate surface area is 250 Å². The summed E-state index contributed by atoms with van der Waals surface area (Å²) in [4.78, 5) is 29.8. The molecule has 1 aromatic heterocycles. The molecular formula is C36H33NO6. The van der Waals surface area contributed by atoms with Crippen LogP contribution in [0.5, 0.6) is 17.2 Å². The van der Waals surface area contributed by atoms with Crippen LogP contribution in [0.4, 0.5) is 0 Å². The van der Waals surface area contributed by atoms with Crippen molar-refractivity contribution in [1.29, 1.82) is 0 Å². The van der Waals surface area contributed by atoms with Crippen molar-refractivity contribution in [2.24, 2.45) is 0 Å². The number of carbonyl (C=O) groups is 1. The Balaban J connectivity index is 1.42. The lowest BCUT2D eigenvalue weighted by Crippen LogP contribution is -2.31. The molecule has 4 aromatic carbocycles. The van der Waals surface area contributed by atoms with Crippen molar-refractivity contribution in [2.45, 2.75) is 32.9 Å². The Morgan fingerprint density at radius 3 is 2.30 bits per heavy atom. The van der Waals surface area contributed by atoms with E-state index >= 15 is 0 Å². The Bertz CT molecular complexity index is 1860. The van der Waals surface area contributed by atoms with Crippen LogP contribution in [-0.2, 0) is 13.0 Å². The molecule has 1 aliphatic heterocycles. The maximum atomic E-state index is 14.1. The molecular weight excluding hydrogens is 542 g/mol. The van der Waals surface area contributed by atoms with E-state index in [0.29, 0.717) is 47.6 Å². The van der Waals surface area contributed by atoms with E-state index in [-0.39, 0.29) is 17.1 Å². The summed E-state index contributed by atoms with van der Waals surface area (Å²) in [5.74, 6) is 1.63. The summed E-state index contributed by atoms with van der Waals surface area (Å²) in [6, 6.07) is 26.3. The second-order valence-corrected chi connectivity index (χ2v) is 10.8. The number of hydrogen-bond donors (Lipinski definition) is 0. The molecule has 7 heteroatoms. The van der Waals surface area contributed by atoms with E-state index in [1.54, 1.807) is 19.1 Å². The molecule has 0 bridgehead atoms. The van der Waals surface area contributed by atoms with Crippen LogP contribution in [0.2, 0.25) is 0 Å². The Morgan fingerprint density at radius 1 is 0.814 bits per heavy atom. The third-order valence-corrected chi connectivity index (χ3v) is 7.95. The van der Waals surface area contributed by atoms with Gasteiger partial charge in [0, 0.05) is 6.54 Å². The summed E-state index contributed by atoms with van der Waals surface area (Å²) in [5, 5.41) is 0.494. The van der Waals surface area contributed by atoms with E-state index in [1.807, 2.05) is 98.8 Å². The van der Waals surface area contributed by atoms with Crippen molar-refractivity contribution >= 4 is 16.9 Å². The highest BCUT2D eigenvalue weighted by molar-refractivity contribution is 5.99. The lowest BCUT2D eigenvalue weighted by atomic mass is 9.96. The van der Waals surface area contributed by atoms with Gasteiger partial charge in [0.05, 0.1) is 31.2 Å². The molecule has 5 aromatic rings. The van der Waals surface area contributed by atoms with Crippen LogP contribution in [0.15, 0.2) is 94.1 Å². The smallest absolute Gasteiger partial charge is 0.290 e. The lowest BCUT2D eigenvalue weighted by molar-refractivity contribution is 0.0729. The number of carbonyl (C=O) groups excluding carboxylic acids is 1. The number of benzene rings is 4. The van der Waals surface area contributed by atoms with Gasteiger partial charge in [-0.25, -0.2) is 0 Å². The van der Waals surface area contributed by atoms with E-state index in [4.69, 9.17) is 18.6 Å². The van der Waals surface area contributed by atoms with Crippen LogP contribution in [0.3, 0.4) is 0 Å². The second kappa shape index (κ2) is 11.7. The minimum absolute atomic E-state index is 0.0885. The third kappa shape index (κ3) is 5.34. The van der Waals surface area contributed by atoms with Crippen molar-refractivity contribution in [3.8, 4) is 17.2 Å². The fourth-order valence-corrected chi connectivity index (χ4v) is 5.84. The van der Waals surface area contributed by atoms with Crippen molar-refractivity contribution in [2.75, 3.05) is 20.8 Å². The summed E-state index contributed by atoms with van der Waals surface area (Å²) < 4.78 is 23.3. The number of aryl methyl sites for hydroxylation is 2. The molecule has 218 valence electrons. The summed E-state index contributed by atoms with van der Waals surface area (Å²) in [7, 11) is 3.21. The maximum absolute atomic E-state index is 14.1. The Morgan fingerprint density at radius 2 is 1.58 bits per heavy atom. The zero-order valence-corrected chi connectivity index (χ0v) is 24.7. The van der Waals surface area contributed by atoms with E-state index < -0.39 is 6.04 Å². The lowest BCUT2D eigenvalue weighted by Gasteiger charge is -2.26. The van der Waals surface area contributed by atoms with Crippen LogP contribution >= 0.6 is 0 Å². The van der Waals surface area contributed by atoms with Gasteiger partial charge in [0.1, 0.15) is 17.9 Å². The van der Waals surface area contributed by atoms with Gasteiger partial charge in [-0.05, 0) is 78.4 Å². The number of ether oxygens (including phenoxy) is 3. The van der Waals surface area contributed by atoms with E-state index in [0.717, 1.165) is 33.6 Å². The molecule has 0 spiro atoms. The van der Waals surface area contributed by atoms with Gasteiger partial charge >= 0.3 is 0 Å². The molecule has 1 aliphatic rings. The van der Waals surface area contributed by atoms with Crippen LogP contribution in [0, 0.1) is 13.8 Å². The van der Waals surface area contributed by atoms with Gasteiger partial charge in [-0.3, -0.25) is 9.59 Å². The fraction of sp³-hybridized carbons (Fsp3) is 0.222. The van der Waals surface area contributed by atoms with Crippen molar-refractivity contribution in [3.05, 3.63) is 134 Å². The molecule has 1 amide bonds. The zero-order chi connectivity index (χ0) is 30.1. The highest BCUT2D eigenvalue weighted by Gasteiger charge is 2.43. The molecule has 6 rings (SSSR count). The quantitative estimate of drug-likeness (QED) is 0.193. The number of amides is 1. The molecule has 0 saturated heterocycles. The first-order chi connectivity index (χ1) is 20.9. The normalized spacial score (nSPS) is 14.2. The Hall–Kier alpha value is -5.04. The highest BCUT2D eigenvalue weighted by atomic mass is 16.5. The number of rotatable bonds is 9. The molecule has 0 fully saturated rings. The first kappa shape index (κ1) is 28.1. The first-order valence-corrected chi connectivity index (χ1v) is 14.2. The van der Waals surface area contributed by atoms with Gasteiger partial charge in [-0.15, -0.1) is 0 Å². The van der Waals surface area contributed by atoms with E-state index in [2.05, 4.69) is 0 Å². The number of fused-ring (bicyclic) bond motifs is 2. The number of nitrogens with zero attached hydrogens (tertiary/aromatic N) is 1. The standard InChI is InChI=1S/C36H33NO6/c1-22-18-23(2)31-30(19-22)43-35-32(34(31)38)33(37(36(35)39)17-16-24-10-13-27(40-3)14-11-24)26-12-15-28(29(20-26)41-4)42-21-25-8-6-5-7-9-25/h5-15,18-20,33H,16-17,21H2,1-4H3. The second-order valence-electron chi connectivity index (χ2n) is 10.8. The zero-order valence-electron chi connectivity index (χ0n) is 24.7. The fourth-order valence-electron chi connectivity index (χ4n) is 5.84. The Kier molecular flexibility index (Phi) is 7.63. The van der Waals surface area contributed by atoms with Gasteiger partial charge < -0.3 is 23.5 Å². The molecule has 1 atom stereocenters. The van der Waals surface area contributed by atoms with Crippen molar-refractivity contribution in [1.82, 2.24) is 4.90 Å². The minimum atomic E-state index is -0.654. The molecule has 0 aliphatic carbocycles. The predicted octanol–water partition coefficient (Wildman–Crippen LogP) is 6.79. The summed E-state index contributed by atoms with van der Waals surface area (Å²) in [5.41, 5.74) is 5.17. The van der Waals surface area contributed by atoms with Gasteiger partial charge in [0.25, 0.3) is 5.91 Å². The van der Waals surface area contributed by atoms with Crippen LogP contribution in [0.1, 0.15) is 50.0 Å². The van der Waals surface area contributed by atoms with Crippen LogP contribution in [0.25, 0.3) is 11.0 Å². The maximum Gasteiger partial charge on any atom is 0.290 e. The summed E-state index contributed by atoms with van der Waals surface area (Å²) in [6.45, 7) is 4.60. The van der Waals surface area contributed by atoms with E-state index in [1.165, 1.54) is 0 Å². The van der Waals surface area contributed by atoms with E-state index in [9.17, 15) is 9.59 Å². The van der Waals surface area contributed by atoms with Gasteiger partial charge in [-0.1, -0.05) is 54.6 Å². The molecule has 7 nitrogen and oxygen atoms in total. The van der Waals surface area contributed by atoms with Crippen LogP contribution in [-0.4, -0.2) is 31.6 Å². The van der Waals surface area contributed by atoms with Gasteiger partial charge in [-0.2, -0.15) is 0 Å². The van der Waals surface area contributed by atoms with Crippen molar-refractivity contribution in [3.63, 3.8) is 0 Å². The largest absolute Gasteiger partial charge is 0.497 e. The van der Waals surface area contributed by atoms with Crippen LogP contribution < -0.4 is 19.6 Å². The summed E-state index contributed by atoms with van der Waals surface area (Å²) >= 11 is 0. The topological polar surface area (TPSA) is 78.2 Å². The molecule has 2 heterocycles. The molecule has 0 saturated carbocycles. The predicted molar refractivity (Wildman–Crippen MR) is 165 cm³/mol. The highest BCUT2D eigenvalue weighted by Crippen LogP contribution is 2.41. The number of hydrogen-bond acceptors (Lipinski definition) is 6. The SMILES string of the molecule is COc1ccc(CCN2C(=O)c3oc4cc(C)cc(C)c4c(=O)c3C2c2ccc(OCc3ccccc3)c(OC)c2)cc1. The summed E-state index contributed by atoms with van der Waals surface area (Å²) in [6.07, 6.45) is 0.585. The number of methoxy groups -OCH3 is 2. The average Bonchev–Trinajstić information content (AvgIpc) is 3.30. The molecule has 43 heavy (non-hydrogen) atoms. The molecule has 0 N–H and O–H groups in total. The monoisotopic (exact) mass is 575 g/mol. The van der Waals surface area contributed by atoms with Gasteiger partial charge in [0.2, 0.25) is 5.76 Å². The molecule has 1 unspecified atom stereocenters. The van der Waals surface area contributed by atoms with Crippen molar-refractivity contribution < 1.29 is 23.4 Å². The molecule has 0 radical (unpaired) electrons. The average molecular weight is 576 g/mol. The first-order valence-electron chi connectivity index (χ1n) is 14.2. The minimum Gasteiger partial charge on any atom is -0.497 e. The third-order valence-electron chi connectivity index (χ3n) is 7.95.